The van der Waals surface area contributed by atoms with Crippen LogP contribution in [0.5, 0.6) is 0 Å². The fraction of sp³-hybridized carbons (Fsp3) is 0.176. The van der Waals surface area contributed by atoms with Gasteiger partial charge >= 0.3 is 5.97 Å². The topological polar surface area (TPSA) is 57.6 Å². The molecule has 5 heteroatoms. The number of fused-ring (bicyclic) bond motifs is 2. The number of carbonyl (C=O) groups excluding carboxylic acids is 1. The van der Waals surface area contributed by atoms with Crippen molar-refractivity contribution in [3.05, 3.63) is 63.7 Å². The van der Waals surface area contributed by atoms with Crippen LogP contribution in [0.4, 0.5) is 5.69 Å². The number of hydrogen-bond acceptors (Lipinski definition) is 3. The van der Waals surface area contributed by atoms with Crippen molar-refractivity contribution in [2.75, 3.05) is 11.9 Å². The van der Waals surface area contributed by atoms with Crippen molar-refractivity contribution in [3.8, 4) is 0 Å². The third-order valence-electron chi connectivity index (χ3n) is 3.77. The van der Waals surface area contributed by atoms with Gasteiger partial charge in [-0.3, -0.25) is 9.59 Å². The maximum Gasteiger partial charge on any atom is 0.307 e. The smallest absolute Gasteiger partial charge is 0.307 e. The van der Waals surface area contributed by atoms with Crippen molar-refractivity contribution in [1.82, 2.24) is 0 Å². The van der Waals surface area contributed by atoms with Gasteiger partial charge in [0, 0.05) is 24.7 Å². The second kappa shape index (κ2) is 5.46. The lowest BCUT2D eigenvalue weighted by molar-refractivity contribution is -0.136. The number of nitrogens with zero attached hydrogens (tertiary/aromatic N) is 1. The van der Waals surface area contributed by atoms with Gasteiger partial charge < -0.3 is 10.0 Å². The Balaban J connectivity index is 2.21. The Kier molecular flexibility index (Phi) is 3.62. The molecule has 1 heterocycles. The highest BCUT2D eigenvalue weighted by atomic mass is 35.5. The minimum absolute atomic E-state index is 0.121. The molecule has 112 valence electrons. The molecule has 3 rings (SSSR count). The predicted octanol–water partition coefficient (Wildman–Crippen LogP) is 3.15. The van der Waals surface area contributed by atoms with E-state index in [9.17, 15) is 9.59 Å². The summed E-state index contributed by atoms with van der Waals surface area (Å²) >= 11 is 6.32. The SMILES string of the molecule is CN1Cc2ccccc2C(=O)c2cc(CC(=O)O)cc(Cl)c21. The molecule has 0 aromatic heterocycles. The number of carboxylic acid groups (broad SMARTS) is 1. The summed E-state index contributed by atoms with van der Waals surface area (Å²) in [4.78, 5) is 25.7. The van der Waals surface area contributed by atoms with Gasteiger partial charge in [-0.2, -0.15) is 0 Å². The number of ketones is 1. The van der Waals surface area contributed by atoms with Crippen molar-refractivity contribution < 1.29 is 14.7 Å². The van der Waals surface area contributed by atoms with E-state index in [2.05, 4.69) is 0 Å². The first-order chi connectivity index (χ1) is 10.5. The molecule has 1 N–H and O–H groups in total. The second-order valence-electron chi connectivity index (χ2n) is 5.39. The Morgan fingerprint density at radius 1 is 1.27 bits per heavy atom. The molecule has 0 aliphatic carbocycles. The lowest BCUT2D eigenvalue weighted by atomic mass is 9.97. The summed E-state index contributed by atoms with van der Waals surface area (Å²) in [6, 6.07) is 10.7. The van der Waals surface area contributed by atoms with E-state index in [1.165, 1.54) is 0 Å². The largest absolute Gasteiger partial charge is 0.481 e. The van der Waals surface area contributed by atoms with Gasteiger partial charge in [-0.25, -0.2) is 0 Å². The Bertz CT molecular complexity index is 785. The minimum Gasteiger partial charge on any atom is -0.481 e. The first kappa shape index (κ1) is 14.6. The Morgan fingerprint density at radius 3 is 2.73 bits per heavy atom. The number of benzene rings is 2. The average Bonchev–Trinajstić information content (AvgIpc) is 2.55. The highest BCUT2D eigenvalue weighted by molar-refractivity contribution is 6.35. The van der Waals surface area contributed by atoms with Gasteiger partial charge in [-0.05, 0) is 23.3 Å². The van der Waals surface area contributed by atoms with Crippen LogP contribution in [-0.2, 0) is 17.8 Å². The quantitative estimate of drug-likeness (QED) is 0.925. The molecule has 0 bridgehead atoms. The molecular weight excluding hydrogens is 302 g/mol. The van der Waals surface area contributed by atoms with Crippen LogP contribution < -0.4 is 4.90 Å². The summed E-state index contributed by atoms with van der Waals surface area (Å²) in [6.07, 6.45) is -0.161. The molecular formula is C17H14ClNO3. The van der Waals surface area contributed by atoms with Crippen LogP contribution in [0.25, 0.3) is 0 Å². The standard InChI is InChI=1S/C17H14ClNO3/c1-19-9-11-4-2-3-5-12(11)17(22)13-6-10(8-15(20)21)7-14(18)16(13)19/h2-7H,8-9H2,1H3,(H,20,21). The van der Waals surface area contributed by atoms with Crippen LogP contribution in [0, 0.1) is 0 Å². The maximum absolute atomic E-state index is 12.8. The van der Waals surface area contributed by atoms with Gasteiger partial charge in [0.2, 0.25) is 0 Å². The van der Waals surface area contributed by atoms with E-state index < -0.39 is 5.97 Å². The highest BCUT2D eigenvalue weighted by Gasteiger charge is 2.26. The molecule has 0 fully saturated rings. The van der Waals surface area contributed by atoms with Gasteiger partial charge in [0.1, 0.15) is 0 Å². The number of rotatable bonds is 2. The van der Waals surface area contributed by atoms with E-state index in [1.54, 1.807) is 18.2 Å². The summed E-state index contributed by atoms with van der Waals surface area (Å²) in [5.41, 5.74) is 3.20. The fourth-order valence-corrected chi connectivity index (χ4v) is 3.24. The zero-order valence-corrected chi connectivity index (χ0v) is 12.7. The normalized spacial score (nSPS) is 13.4. The number of carbonyl (C=O) groups is 2. The lowest BCUT2D eigenvalue weighted by Gasteiger charge is -2.21. The van der Waals surface area contributed by atoms with E-state index in [0.29, 0.717) is 33.9 Å². The molecule has 0 saturated carbocycles. The Morgan fingerprint density at radius 2 is 2.00 bits per heavy atom. The molecule has 0 amide bonds. The monoisotopic (exact) mass is 315 g/mol. The number of halogens is 1. The van der Waals surface area contributed by atoms with Crippen LogP contribution in [0.2, 0.25) is 5.02 Å². The van der Waals surface area contributed by atoms with Gasteiger partial charge in [-0.1, -0.05) is 35.9 Å². The first-order valence-electron chi connectivity index (χ1n) is 6.85. The van der Waals surface area contributed by atoms with Crippen molar-refractivity contribution in [1.29, 1.82) is 0 Å². The van der Waals surface area contributed by atoms with Crippen LogP contribution in [0.15, 0.2) is 36.4 Å². The van der Waals surface area contributed by atoms with E-state index in [0.717, 1.165) is 5.56 Å². The third kappa shape index (κ3) is 2.46. The summed E-state index contributed by atoms with van der Waals surface area (Å²) < 4.78 is 0. The molecule has 0 spiro atoms. The van der Waals surface area contributed by atoms with E-state index in [4.69, 9.17) is 16.7 Å². The van der Waals surface area contributed by atoms with Crippen LogP contribution >= 0.6 is 11.6 Å². The van der Waals surface area contributed by atoms with Gasteiger partial charge in [0.25, 0.3) is 0 Å². The van der Waals surface area contributed by atoms with Crippen LogP contribution in [0.1, 0.15) is 27.0 Å². The molecule has 1 aliphatic heterocycles. The number of hydrogen-bond donors (Lipinski definition) is 1. The van der Waals surface area contributed by atoms with Crippen LogP contribution in [0.3, 0.4) is 0 Å². The van der Waals surface area contributed by atoms with Crippen molar-refractivity contribution in [2.24, 2.45) is 0 Å². The number of anilines is 1. The number of carboxylic acids is 1. The molecule has 0 saturated heterocycles. The van der Waals surface area contributed by atoms with E-state index in [-0.39, 0.29) is 12.2 Å². The summed E-state index contributed by atoms with van der Waals surface area (Å²) in [5, 5.41) is 9.36. The fourth-order valence-electron chi connectivity index (χ4n) is 2.85. The van der Waals surface area contributed by atoms with E-state index >= 15 is 0 Å². The molecule has 2 aromatic rings. The average molecular weight is 316 g/mol. The molecule has 0 atom stereocenters. The van der Waals surface area contributed by atoms with Crippen molar-refractivity contribution >= 4 is 29.0 Å². The van der Waals surface area contributed by atoms with Gasteiger partial charge in [0.05, 0.1) is 17.1 Å². The van der Waals surface area contributed by atoms with Crippen molar-refractivity contribution in [3.63, 3.8) is 0 Å². The zero-order valence-electron chi connectivity index (χ0n) is 12.0. The molecule has 4 nitrogen and oxygen atoms in total. The van der Waals surface area contributed by atoms with Crippen LogP contribution in [-0.4, -0.2) is 23.9 Å². The summed E-state index contributed by atoms with van der Waals surface area (Å²) in [5.74, 6) is -1.07. The first-order valence-corrected chi connectivity index (χ1v) is 7.23. The van der Waals surface area contributed by atoms with Gasteiger partial charge in [-0.15, -0.1) is 0 Å². The summed E-state index contributed by atoms with van der Waals surface area (Å²) in [7, 11) is 1.87. The van der Waals surface area contributed by atoms with Crippen molar-refractivity contribution in [2.45, 2.75) is 13.0 Å². The number of aliphatic carboxylic acids is 1. The Hall–Kier alpha value is -2.33. The third-order valence-corrected chi connectivity index (χ3v) is 4.06. The summed E-state index contributed by atoms with van der Waals surface area (Å²) in [6.45, 7) is 0.576. The molecule has 1 aliphatic rings. The predicted molar refractivity (Wildman–Crippen MR) is 84.8 cm³/mol. The van der Waals surface area contributed by atoms with Gasteiger partial charge in [0.15, 0.2) is 5.78 Å². The molecule has 22 heavy (non-hydrogen) atoms. The maximum atomic E-state index is 12.8. The molecule has 0 unspecified atom stereocenters. The molecule has 2 aromatic carbocycles. The lowest BCUT2D eigenvalue weighted by Crippen LogP contribution is -2.17. The highest BCUT2D eigenvalue weighted by Crippen LogP contribution is 2.36. The Labute approximate surface area is 132 Å². The molecule has 0 radical (unpaired) electrons. The van der Waals surface area contributed by atoms with E-state index in [1.807, 2.05) is 30.1 Å². The minimum atomic E-state index is -0.953. The second-order valence-corrected chi connectivity index (χ2v) is 5.79. The zero-order chi connectivity index (χ0) is 15.9.